The van der Waals surface area contributed by atoms with Crippen LogP contribution in [-0.4, -0.2) is 27.9 Å². The Morgan fingerprint density at radius 3 is 2.75 bits per heavy atom. The Morgan fingerprint density at radius 2 is 2.05 bits per heavy atom. The molecule has 20 heavy (non-hydrogen) atoms. The second-order valence-electron chi connectivity index (χ2n) is 4.41. The molecule has 0 aliphatic heterocycles. The van der Waals surface area contributed by atoms with Gasteiger partial charge >= 0.3 is 6.03 Å². The predicted molar refractivity (Wildman–Crippen MR) is 74.8 cm³/mol. The highest BCUT2D eigenvalue weighted by atomic mass is 16.3. The number of aliphatic hydroxyl groups is 1. The van der Waals surface area contributed by atoms with Gasteiger partial charge in [-0.2, -0.15) is 5.10 Å². The highest BCUT2D eigenvalue weighted by molar-refractivity contribution is 5.73. The Kier molecular flexibility index (Phi) is 5.14. The molecule has 4 N–H and O–H groups in total. The van der Waals surface area contributed by atoms with Gasteiger partial charge in [0.05, 0.1) is 18.3 Å². The van der Waals surface area contributed by atoms with E-state index in [1.807, 2.05) is 30.3 Å². The summed E-state index contributed by atoms with van der Waals surface area (Å²) in [6, 6.07) is 10.9. The number of carbonyl (C=O) groups is 1. The van der Waals surface area contributed by atoms with E-state index in [0.717, 1.165) is 11.3 Å². The topological polar surface area (TPSA) is 90.0 Å². The molecule has 0 fully saturated rings. The zero-order valence-electron chi connectivity index (χ0n) is 11.0. The van der Waals surface area contributed by atoms with Crippen molar-refractivity contribution < 1.29 is 9.90 Å². The van der Waals surface area contributed by atoms with Crippen LogP contribution < -0.4 is 10.6 Å². The van der Waals surface area contributed by atoms with Crippen molar-refractivity contribution >= 4 is 6.03 Å². The zero-order valence-corrected chi connectivity index (χ0v) is 11.0. The van der Waals surface area contributed by atoms with Crippen LogP contribution in [0.1, 0.15) is 23.8 Å². The van der Waals surface area contributed by atoms with E-state index in [0.29, 0.717) is 19.5 Å². The molecule has 1 heterocycles. The van der Waals surface area contributed by atoms with Crippen molar-refractivity contribution in [2.75, 3.05) is 6.54 Å². The van der Waals surface area contributed by atoms with Crippen molar-refractivity contribution in [1.82, 2.24) is 20.8 Å². The molecule has 2 aromatic rings. The van der Waals surface area contributed by atoms with Crippen LogP contribution >= 0.6 is 0 Å². The van der Waals surface area contributed by atoms with Crippen LogP contribution in [-0.2, 0) is 6.54 Å². The van der Waals surface area contributed by atoms with Gasteiger partial charge in [0, 0.05) is 12.7 Å². The fourth-order valence-corrected chi connectivity index (χ4v) is 1.79. The lowest BCUT2D eigenvalue weighted by molar-refractivity contribution is 0.167. The number of nitrogens with zero attached hydrogens (tertiary/aromatic N) is 1. The molecular weight excluding hydrogens is 256 g/mol. The first-order valence-electron chi connectivity index (χ1n) is 6.48. The summed E-state index contributed by atoms with van der Waals surface area (Å²) in [5.74, 6) is 0. The second-order valence-corrected chi connectivity index (χ2v) is 4.41. The smallest absolute Gasteiger partial charge is 0.315 e. The molecule has 0 saturated carbocycles. The van der Waals surface area contributed by atoms with Gasteiger partial charge in [-0.3, -0.25) is 5.10 Å². The van der Waals surface area contributed by atoms with Gasteiger partial charge in [-0.15, -0.1) is 0 Å². The molecule has 0 aliphatic rings. The van der Waals surface area contributed by atoms with Gasteiger partial charge < -0.3 is 15.7 Å². The van der Waals surface area contributed by atoms with E-state index in [4.69, 9.17) is 0 Å². The molecule has 0 radical (unpaired) electrons. The lowest BCUT2D eigenvalue weighted by atomic mass is 10.1. The molecule has 0 bridgehead atoms. The van der Waals surface area contributed by atoms with E-state index < -0.39 is 6.10 Å². The van der Waals surface area contributed by atoms with E-state index in [2.05, 4.69) is 20.8 Å². The number of aromatic nitrogens is 2. The first-order chi connectivity index (χ1) is 9.75. The summed E-state index contributed by atoms with van der Waals surface area (Å²) in [6.45, 7) is 0.804. The minimum absolute atomic E-state index is 0.264. The SMILES string of the molecule is O=C(NCCC(O)c1ccccc1)NCc1ccn[nH]1. The standard InChI is InChI=1S/C14H18N4O2/c19-13(11-4-2-1-3-5-11)7-8-15-14(20)16-10-12-6-9-17-18-12/h1-6,9,13,19H,7-8,10H2,(H,17,18)(H2,15,16,20). The maximum absolute atomic E-state index is 11.5. The maximum atomic E-state index is 11.5. The molecule has 6 heteroatoms. The third-order valence-electron chi connectivity index (χ3n) is 2.89. The lowest BCUT2D eigenvalue weighted by Crippen LogP contribution is -2.36. The largest absolute Gasteiger partial charge is 0.388 e. The zero-order chi connectivity index (χ0) is 14.2. The summed E-state index contributed by atoms with van der Waals surface area (Å²) < 4.78 is 0. The Hall–Kier alpha value is -2.34. The predicted octanol–water partition coefficient (Wildman–Crippen LogP) is 1.33. The van der Waals surface area contributed by atoms with Crippen molar-refractivity contribution in [3.63, 3.8) is 0 Å². The number of hydrogen-bond acceptors (Lipinski definition) is 3. The van der Waals surface area contributed by atoms with Crippen molar-refractivity contribution in [2.24, 2.45) is 0 Å². The quantitative estimate of drug-likeness (QED) is 0.640. The molecule has 0 saturated heterocycles. The van der Waals surface area contributed by atoms with Crippen molar-refractivity contribution in [3.8, 4) is 0 Å². The highest BCUT2D eigenvalue weighted by Crippen LogP contribution is 2.14. The van der Waals surface area contributed by atoms with Gasteiger partial charge in [-0.1, -0.05) is 30.3 Å². The molecule has 2 rings (SSSR count). The number of aromatic amines is 1. The summed E-state index contributed by atoms with van der Waals surface area (Å²) in [5.41, 5.74) is 1.69. The number of carbonyl (C=O) groups excluding carboxylic acids is 1. The third-order valence-corrected chi connectivity index (χ3v) is 2.89. The van der Waals surface area contributed by atoms with E-state index in [1.165, 1.54) is 0 Å². The first kappa shape index (κ1) is 14.1. The number of urea groups is 1. The van der Waals surface area contributed by atoms with Crippen LogP contribution in [0.15, 0.2) is 42.6 Å². The number of nitrogens with one attached hydrogen (secondary N) is 3. The van der Waals surface area contributed by atoms with E-state index in [-0.39, 0.29) is 6.03 Å². The molecule has 6 nitrogen and oxygen atoms in total. The van der Waals surface area contributed by atoms with Crippen molar-refractivity contribution in [3.05, 3.63) is 53.9 Å². The molecule has 0 spiro atoms. The van der Waals surface area contributed by atoms with E-state index in [9.17, 15) is 9.90 Å². The van der Waals surface area contributed by atoms with Crippen LogP contribution in [0.5, 0.6) is 0 Å². The lowest BCUT2D eigenvalue weighted by Gasteiger charge is -2.12. The van der Waals surface area contributed by atoms with Gasteiger partial charge in [0.1, 0.15) is 0 Å². The van der Waals surface area contributed by atoms with Gasteiger partial charge in [0.2, 0.25) is 0 Å². The van der Waals surface area contributed by atoms with Crippen LogP contribution in [0.3, 0.4) is 0 Å². The average Bonchev–Trinajstić information content (AvgIpc) is 2.99. The molecule has 106 valence electrons. The van der Waals surface area contributed by atoms with E-state index >= 15 is 0 Å². The number of aliphatic hydroxyl groups excluding tert-OH is 1. The Balaban J connectivity index is 1.64. The van der Waals surface area contributed by atoms with Gasteiger partial charge in [-0.25, -0.2) is 4.79 Å². The van der Waals surface area contributed by atoms with Gasteiger partial charge in [-0.05, 0) is 18.1 Å². The number of amides is 2. The third kappa shape index (κ3) is 4.40. The summed E-state index contributed by atoms with van der Waals surface area (Å²) in [7, 11) is 0. The number of hydrogen-bond donors (Lipinski definition) is 4. The summed E-state index contributed by atoms with van der Waals surface area (Å²) in [4.78, 5) is 11.5. The molecule has 2 amide bonds. The molecular formula is C14H18N4O2. The number of benzene rings is 1. The number of H-pyrrole nitrogens is 1. The molecule has 1 atom stereocenters. The van der Waals surface area contributed by atoms with Crippen LogP contribution in [0.4, 0.5) is 4.79 Å². The van der Waals surface area contributed by atoms with Gasteiger partial charge in [0.15, 0.2) is 0 Å². The summed E-state index contributed by atoms with van der Waals surface area (Å²) >= 11 is 0. The minimum atomic E-state index is -0.566. The van der Waals surface area contributed by atoms with Crippen molar-refractivity contribution in [2.45, 2.75) is 19.1 Å². The average molecular weight is 274 g/mol. The minimum Gasteiger partial charge on any atom is -0.388 e. The molecule has 0 aliphatic carbocycles. The maximum Gasteiger partial charge on any atom is 0.315 e. The highest BCUT2D eigenvalue weighted by Gasteiger charge is 2.07. The fourth-order valence-electron chi connectivity index (χ4n) is 1.79. The van der Waals surface area contributed by atoms with Gasteiger partial charge in [0.25, 0.3) is 0 Å². The van der Waals surface area contributed by atoms with E-state index in [1.54, 1.807) is 12.3 Å². The Morgan fingerprint density at radius 1 is 1.25 bits per heavy atom. The molecule has 1 aromatic carbocycles. The van der Waals surface area contributed by atoms with Crippen LogP contribution in [0.2, 0.25) is 0 Å². The molecule has 1 aromatic heterocycles. The van der Waals surface area contributed by atoms with Crippen LogP contribution in [0, 0.1) is 0 Å². The normalized spacial score (nSPS) is 11.8. The summed E-state index contributed by atoms with van der Waals surface area (Å²) in [5, 5.41) is 21.9. The first-order valence-corrected chi connectivity index (χ1v) is 6.48. The van der Waals surface area contributed by atoms with Crippen LogP contribution in [0.25, 0.3) is 0 Å². The fraction of sp³-hybridized carbons (Fsp3) is 0.286. The monoisotopic (exact) mass is 274 g/mol. The van der Waals surface area contributed by atoms with Crippen molar-refractivity contribution in [1.29, 1.82) is 0 Å². The Bertz CT molecular complexity index is 513. The molecule has 1 unspecified atom stereocenters. The number of rotatable bonds is 6. The second kappa shape index (κ2) is 7.30. The Labute approximate surface area is 117 Å². The summed E-state index contributed by atoms with van der Waals surface area (Å²) in [6.07, 6.45) is 1.54.